The lowest BCUT2D eigenvalue weighted by Gasteiger charge is -1.91. The van der Waals surface area contributed by atoms with Gasteiger partial charge in [-0.2, -0.15) is 5.26 Å². The van der Waals surface area contributed by atoms with E-state index in [-0.39, 0.29) is 6.04 Å². The fourth-order valence-corrected chi connectivity index (χ4v) is 0.825. The van der Waals surface area contributed by atoms with Crippen LogP contribution in [0.5, 0.6) is 0 Å². The average molecular weight is 170 g/mol. The van der Waals surface area contributed by atoms with E-state index in [1.807, 2.05) is 25.1 Å². The van der Waals surface area contributed by atoms with Crippen LogP contribution < -0.4 is 5.73 Å². The standard InChI is InChI=1S/C11H10N2/c1-9(13)2-3-10-4-6-11(8-12)7-5-10/h4-7,9H,13H2,1H3. The maximum Gasteiger partial charge on any atom is 0.0991 e. The highest BCUT2D eigenvalue weighted by molar-refractivity contribution is 5.40. The van der Waals surface area contributed by atoms with E-state index in [9.17, 15) is 0 Å². The van der Waals surface area contributed by atoms with Gasteiger partial charge in [-0.05, 0) is 31.2 Å². The maximum absolute atomic E-state index is 8.54. The van der Waals surface area contributed by atoms with Crippen LogP contribution in [0.25, 0.3) is 0 Å². The highest BCUT2D eigenvalue weighted by atomic mass is 14.6. The highest BCUT2D eigenvalue weighted by Crippen LogP contribution is 2.01. The summed E-state index contributed by atoms with van der Waals surface area (Å²) in [5.41, 5.74) is 7.00. The predicted molar refractivity (Wildman–Crippen MR) is 51.7 cm³/mol. The molecule has 1 atom stereocenters. The van der Waals surface area contributed by atoms with Crippen LogP contribution in [-0.4, -0.2) is 6.04 Å². The lowest BCUT2D eigenvalue weighted by atomic mass is 10.1. The van der Waals surface area contributed by atoms with E-state index in [4.69, 9.17) is 11.0 Å². The molecule has 0 aliphatic heterocycles. The van der Waals surface area contributed by atoms with Crippen molar-refractivity contribution in [1.82, 2.24) is 0 Å². The molecule has 0 heterocycles. The Morgan fingerprint density at radius 2 is 1.77 bits per heavy atom. The molecule has 2 nitrogen and oxygen atoms in total. The Labute approximate surface area is 78.0 Å². The zero-order chi connectivity index (χ0) is 9.68. The van der Waals surface area contributed by atoms with Crippen molar-refractivity contribution in [2.75, 3.05) is 0 Å². The molecule has 0 bridgehead atoms. The molecule has 0 radical (unpaired) electrons. The average Bonchev–Trinajstić information content (AvgIpc) is 2.15. The van der Waals surface area contributed by atoms with Crippen LogP contribution in [0.4, 0.5) is 0 Å². The number of rotatable bonds is 0. The molecule has 2 heteroatoms. The SMILES string of the molecule is CC(N)C#Cc1ccc(C#N)cc1. The van der Waals surface area contributed by atoms with Crippen molar-refractivity contribution in [1.29, 1.82) is 5.26 Å². The van der Waals surface area contributed by atoms with Gasteiger partial charge in [0.15, 0.2) is 0 Å². The molecule has 1 aromatic carbocycles. The summed E-state index contributed by atoms with van der Waals surface area (Å²) in [5.74, 6) is 5.76. The Kier molecular flexibility index (Phi) is 3.09. The van der Waals surface area contributed by atoms with Crippen LogP contribution in [0, 0.1) is 23.2 Å². The van der Waals surface area contributed by atoms with Gasteiger partial charge in [0, 0.05) is 5.56 Å². The Morgan fingerprint density at radius 1 is 1.23 bits per heavy atom. The third-order valence-corrected chi connectivity index (χ3v) is 1.46. The van der Waals surface area contributed by atoms with Gasteiger partial charge in [0.1, 0.15) is 0 Å². The smallest absolute Gasteiger partial charge is 0.0991 e. The minimum Gasteiger partial charge on any atom is -0.318 e. The van der Waals surface area contributed by atoms with E-state index in [0.717, 1.165) is 5.56 Å². The van der Waals surface area contributed by atoms with E-state index < -0.39 is 0 Å². The van der Waals surface area contributed by atoms with Gasteiger partial charge in [-0.15, -0.1) is 0 Å². The lowest BCUT2D eigenvalue weighted by Crippen LogP contribution is -2.10. The van der Waals surface area contributed by atoms with Crippen LogP contribution in [0.3, 0.4) is 0 Å². The van der Waals surface area contributed by atoms with E-state index in [1.165, 1.54) is 0 Å². The molecule has 0 spiro atoms. The van der Waals surface area contributed by atoms with Gasteiger partial charge >= 0.3 is 0 Å². The molecule has 1 unspecified atom stereocenters. The molecule has 2 N–H and O–H groups in total. The van der Waals surface area contributed by atoms with Crippen LogP contribution >= 0.6 is 0 Å². The fraction of sp³-hybridized carbons (Fsp3) is 0.182. The first-order chi connectivity index (χ1) is 6.22. The maximum atomic E-state index is 8.54. The van der Waals surface area contributed by atoms with Crippen molar-refractivity contribution in [2.24, 2.45) is 5.73 Å². The van der Waals surface area contributed by atoms with Crippen molar-refractivity contribution in [3.8, 4) is 17.9 Å². The first kappa shape index (κ1) is 9.32. The van der Waals surface area contributed by atoms with E-state index >= 15 is 0 Å². The molecule has 0 saturated heterocycles. The second-order valence-corrected chi connectivity index (χ2v) is 2.75. The fourth-order valence-electron chi connectivity index (χ4n) is 0.825. The zero-order valence-electron chi connectivity index (χ0n) is 7.41. The second-order valence-electron chi connectivity index (χ2n) is 2.75. The van der Waals surface area contributed by atoms with E-state index in [2.05, 4.69) is 11.8 Å². The molecule has 0 aliphatic carbocycles. The summed E-state index contributed by atoms with van der Waals surface area (Å²) in [6.07, 6.45) is 0. The number of hydrogen-bond donors (Lipinski definition) is 1. The topological polar surface area (TPSA) is 49.8 Å². The van der Waals surface area contributed by atoms with Crippen LogP contribution in [-0.2, 0) is 0 Å². The second kappa shape index (κ2) is 4.30. The molecule has 0 aliphatic rings. The predicted octanol–water partition coefficient (Wildman–Crippen LogP) is 1.26. The number of nitriles is 1. The molecular formula is C11H10N2. The molecule has 0 amide bonds. The van der Waals surface area contributed by atoms with Gasteiger partial charge in [-0.3, -0.25) is 0 Å². The van der Waals surface area contributed by atoms with Crippen LogP contribution in [0.15, 0.2) is 24.3 Å². The van der Waals surface area contributed by atoms with Crippen molar-refractivity contribution in [3.05, 3.63) is 35.4 Å². The lowest BCUT2D eigenvalue weighted by molar-refractivity contribution is 0.959. The van der Waals surface area contributed by atoms with Crippen LogP contribution in [0.2, 0.25) is 0 Å². The zero-order valence-corrected chi connectivity index (χ0v) is 7.41. The summed E-state index contributed by atoms with van der Waals surface area (Å²) in [4.78, 5) is 0. The Bertz CT molecular complexity index is 371. The van der Waals surface area contributed by atoms with E-state index in [0.29, 0.717) is 5.56 Å². The summed E-state index contributed by atoms with van der Waals surface area (Å²) in [7, 11) is 0. The Hall–Kier alpha value is -1.77. The molecule has 13 heavy (non-hydrogen) atoms. The summed E-state index contributed by atoms with van der Waals surface area (Å²) < 4.78 is 0. The van der Waals surface area contributed by atoms with Gasteiger partial charge < -0.3 is 5.73 Å². The molecule has 0 saturated carbocycles. The Morgan fingerprint density at radius 3 is 2.23 bits per heavy atom. The summed E-state index contributed by atoms with van der Waals surface area (Å²) >= 11 is 0. The highest BCUT2D eigenvalue weighted by Gasteiger charge is 1.89. The van der Waals surface area contributed by atoms with Crippen molar-refractivity contribution >= 4 is 0 Å². The van der Waals surface area contributed by atoms with Crippen molar-refractivity contribution in [2.45, 2.75) is 13.0 Å². The number of nitrogens with two attached hydrogens (primary N) is 1. The third kappa shape index (κ3) is 2.99. The van der Waals surface area contributed by atoms with Gasteiger partial charge in [0.25, 0.3) is 0 Å². The minimum absolute atomic E-state index is 0.115. The Balaban J connectivity index is 2.84. The monoisotopic (exact) mass is 170 g/mol. The van der Waals surface area contributed by atoms with Gasteiger partial charge in [0.2, 0.25) is 0 Å². The van der Waals surface area contributed by atoms with Gasteiger partial charge in [0.05, 0.1) is 17.7 Å². The summed E-state index contributed by atoms with van der Waals surface area (Å²) in [6.45, 7) is 1.83. The number of nitrogens with zero attached hydrogens (tertiary/aromatic N) is 1. The molecular weight excluding hydrogens is 160 g/mol. The number of benzene rings is 1. The first-order valence-corrected chi connectivity index (χ1v) is 3.99. The quantitative estimate of drug-likeness (QED) is 0.596. The molecule has 0 fully saturated rings. The first-order valence-electron chi connectivity index (χ1n) is 3.99. The number of hydrogen-bond acceptors (Lipinski definition) is 2. The normalized spacial score (nSPS) is 10.8. The third-order valence-electron chi connectivity index (χ3n) is 1.46. The molecule has 64 valence electrons. The van der Waals surface area contributed by atoms with Crippen LogP contribution in [0.1, 0.15) is 18.1 Å². The van der Waals surface area contributed by atoms with Crippen molar-refractivity contribution in [3.63, 3.8) is 0 Å². The molecule has 1 rings (SSSR count). The van der Waals surface area contributed by atoms with Crippen molar-refractivity contribution < 1.29 is 0 Å². The van der Waals surface area contributed by atoms with E-state index in [1.54, 1.807) is 12.1 Å². The largest absolute Gasteiger partial charge is 0.318 e. The van der Waals surface area contributed by atoms with Gasteiger partial charge in [-0.25, -0.2) is 0 Å². The summed E-state index contributed by atoms with van der Waals surface area (Å²) in [5, 5.41) is 8.54. The minimum atomic E-state index is -0.115. The summed E-state index contributed by atoms with van der Waals surface area (Å²) in [6, 6.07) is 9.04. The molecule has 0 aromatic heterocycles. The molecule has 1 aromatic rings. The van der Waals surface area contributed by atoms with Gasteiger partial charge in [-0.1, -0.05) is 11.8 Å².